The zero-order chi connectivity index (χ0) is 19.0. The molecule has 0 aliphatic carbocycles. The van der Waals surface area contributed by atoms with Gasteiger partial charge >= 0.3 is 6.18 Å². The van der Waals surface area contributed by atoms with E-state index < -0.39 is 12.8 Å². The summed E-state index contributed by atoms with van der Waals surface area (Å²) in [5, 5.41) is 6.23. The van der Waals surface area contributed by atoms with Crippen molar-refractivity contribution in [1.82, 2.24) is 15.6 Å². The van der Waals surface area contributed by atoms with Crippen LogP contribution in [0.4, 0.5) is 13.2 Å². The van der Waals surface area contributed by atoms with Crippen molar-refractivity contribution in [3.05, 3.63) is 45.8 Å². The number of aryl methyl sites for hydroxylation is 1. The third-order valence-corrected chi connectivity index (χ3v) is 4.62. The average molecular weight is 514 g/mol. The van der Waals surface area contributed by atoms with Gasteiger partial charge in [-0.3, -0.25) is 4.99 Å². The molecule has 0 aliphatic heterocycles. The van der Waals surface area contributed by atoms with Crippen LogP contribution in [0.15, 0.2) is 35.5 Å². The summed E-state index contributed by atoms with van der Waals surface area (Å²) in [7, 11) is 1.63. The van der Waals surface area contributed by atoms with Gasteiger partial charge in [0.05, 0.1) is 6.54 Å². The Bertz CT molecular complexity index is 737. The Morgan fingerprint density at radius 1 is 1.19 bits per heavy atom. The summed E-state index contributed by atoms with van der Waals surface area (Å²) in [6.07, 6.45) is -2.01. The molecular formula is C17H22F3IN4OS. The van der Waals surface area contributed by atoms with Crippen LogP contribution in [-0.4, -0.2) is 30.8 Å². The highest BCUT2D eigenvalue weighted by molar-refractivity contribution is 14.0. The van der Waals surface area contributed by atoms with Crippen LogP contribution in [0.5, 0.6) is 5.88 Å². The van der Waals surface area contributed by atoms with Crippen LogP contribution >= 0.6 is 35.3 Å². The van der Waals surface area contributed by atoms with E-state index in [2.05, 4.69) is 39.7 Å². The zero-order valence-corrected chi connectivity index (χ0v) is 18.1. The Morgan fingerprint density at radius 3 is 2.52 bits per heavy atom. The van der Waals surface area contributed by atoms with E-state index in [0.717, 1.165) is 6.42 Å². The van der Waals surface area contributed by atoms with E-state index in [0.29, 0.717) is 18.1 Å². The standard InChI is InChI=1S/C17H21F3N4OS.HI/c1-3-13-6-7-14(26-13)10-24-16(21-2)23-9-12-5-4-8-22-15(12)25-11-17(18,19)20;/h4-8H,3,9-11H2,1-2H3,(H2,21,23,24);1H. The lowest BCUT2D eigenvalue weighted by atomic mass is 10.2. The summed E-state index contributed by atoms with van der Waals surface area (Å²) in [5.74, 6) is 0.501. The van der Waals surface area contributed by atoms with Gasteiger partial charge in [-0.15, -0.1) is 35.3 Å². The number of alkyl halides is 3. The third-order valence-electron chi connectivity index (χ3n) is 3.39. The molecule has 2 heterocycles. The van der Waals surface area contributed by atoms with Gasteiger partial charge in [-0.25, -0.2) is 4.98 Å². The van der Waals surface area contributed by atoms with Gasteiger partial charge in [-0.1, -0.05) is 13.0 Å². The van der Waals surface area contributed by atoms with Gasteiger partial charge in [0.1, 0.15) is 0 Å². The highest BCUT2D eigenvalue weighted by Crippen LogP contribution is 2.20. The van der Waals surface area contributed by atoms with Crippen molar-refractivity contribution in [3.63, 3.8) is 0 Å². The highest BCUT2D eigenvalue weighted by Gasteiger charge is 2.29. The lowest BCUT2D eigenvalue weighted by molar-refractivity contribution is -0.154. The summed E-state index contributed by atoms with van der Waals surface area (Å²) in [4.78, 5) is 10.5. The first-order valence-electron chi connectivity index (χ1n) is 8.07. The fraction of sp³-hybridized carbons (Fsp3) is 0.412. The van der Waals surface area contributed by atoms with E-state index in [4.69, 9.17) is 4.74 Å². The minimum atomic E-state index is -4.40. The number of ether oxygens (including phenoxy) is 1. The maximum Gasteiger partial charge on any atom is 0.422 e. The molecule has 0 amide bonds. The van der Waals surface area contributed by atoms with Gasteiger partial charge in [0, 0.05) is 35.1 Å². The molecule has 150 valence electrons. The SMILES string of the molecule is CCc1ccc(CNC(=NC)NCc2cccnc2OCC(F)(F)F)s1.I. The van der Waals surface area contributed by atoms with Crippen LogP contribution in [-0.2, 0) is 19.5 Å². The van der Waals surface area contributed by atoms with Crippen molar-refractivity contribution in [3.8, 4) is 5.88 Å². The second-order valence-corrected chi connectivity index (χ2v) is 6.63. The van der Waals surface area contributed by atoms with Crippen LogP contribution in [0.2, 0.25) is 0 Å². The van der Waals surface area contributed by atoms with Crippen molar-refractivity contribution in [1.29, 1.82) is 0 Å². The summed E-state index contributed by atoms with van der Waals surface area (Å²) in [6.45, 7) is 1.60. The minimum Gasteiger partial charge on any atom is -0.468 e. The molecule has 5 nitrogen and oxygen atoms in total. The molecule has 0 fully saturated rings. The first-order chi connectivity index (χ1) is 12.4. The largest absolute Gasteiger partial charge is 0.468 e. The molecule has 0 atom stereocenters. The summed E-state index contributed by atoms with van der Waals surface area (Å²) >= 11 is 1.73. The van der Waals surface area contributed by atoms with Gasteiger partial charge in [0.2, 0.25) is 5.88 Å². The highest BCUT2D eigenvalue weighted by atomic mass is 127. The number of halogens is 4. The fourth-order valence-corrected chi connectivity index (χ4v) is 3.01. The molecule has 27 heavy (non-hydrogen) atoms. The van der Waals surface area contributed by atoms with E-state index >= 15 is 0 Å². The van der Waals surface area contributed by atoms with Crippen LogP contribution in [0.3, 0.4) is 0 Å². The van der Waals surface area contributed by atoms with Crippen molar-refractivity contribution in [2.45, 2.75) is 32.6 Å². The van der Waals surface area contributed by atoms with Crippen LogP contribution in [0.1, 0.15) is 22.2 Å². The van der Waals surface area contributed by atoms with Crippen LogP contribution in [0.25, 0.3) is 0 Å². The van der Waals surface area contributed by atoms with Gasteiger partial charge in [0.15, 0.2) is 12.6 Å². The van der Waals surface area contributed by atoms with Crippen molar-refractivity contribution in [2.75, 3.05) is 13.7 Å². The monoisotopic (exact) mass is 514 g/mol. The number of nitrogens with zero attached hydrogens (tertiary/aromatic N) is 2. The van der Waals surface area contributed by atoms with E-state index in [-0.39, 0.29) is 36.4 Å². The molecular weight excluding hydrogens is 492 g/mol. The fourth-order valence-electron chi connectivity index (χ4n) is 2.12. The summed E-state index contributed by atoms with van der Waals surface area (Å²) in [5.41, 5.74) is 0.518. The number of guanidine groups is 1. The number of pyridine rings is 1. The molecule has 2 aromatic rings. The van der Waals surface area contributed by atoms with Crippen LogP contribution < -0.4 is 15.4 Å². The van der Waals surface area contributed by atoms with Crippen molar-refractivity contribution in [2.24, 2.45) is 4.99 Å². The predicted octanol–water partition coefficient (Wildman–Crippen LogP) is 4.13. The van der Waals surface area contributed by atoms with E-state index in [1.165, 1.54) is 16.0 Å². The number of rotatable bonds is 7. The van der Waals surface area contributed by atoms with Gasteiger partial charge in [0.25, 0.3) is 0 Å². The normalized spacial score (nSPS) is 11.7. The number of aliphatic imine (C=N–C) groups is 1. The number of nitrogens with one attached hydrogen (secondary N) is 2. The van der Waals surface area contributed by atoms with Crippen molar-refractivity contribution < 1.29 is 17.9 Å². The molecule has 0 spiro atoms. The molecule has 0 saturated carbocycles. The first kappa shape index (κ1) is 23.5. The van der Waals surface area contributed by atoms with Gasteiger partial charge < -0.3 is 15.4 Å². The zero-order valence-electron chi connectivity index (χ0n) is 15.0. The first-order valence-corrected chi connectivity index (χ1v) is 8.88. The number of aromatic nitrogens is 1. The quantitative estimate of drug-likeness (QED) is 0.332. The van der Waals surface area contributed by atoms with E-state index in [1.807, 2.05) is 0 Å². The Labute approximate surface area is 177 Å². The Balaban J connectivity index is 0.00000364. The van der Waals surface area contributed by atoms with Gasteiger partial charge in [-0.05, 0) is 24.6 Å². The molecule has 0 unspecified atom stereocenters. The average Bonchev–Trinajstić information content (AvgIpc) is 3.08. The molecule has 2 rings (SSSR count). The smallest absolute Gasteiger partial charge is 0.422 e. The number of thiophene rings is 1. The van der Waals surface area contributed by atoms with Gasteiger partial charge in [-0.2, -0.15) is 13.2 Å². The van der Waals surface area contributed by atoms with Crippen LogP contribution in [0, 0.1) is 0 Å². The molecule has 0 aliphatic rings. The summed E-state index contributed by atoms with van der Waals surface area (Å²) in [6, 6.07) is 7.46. The summed E-state index contributed by atoms with van der Waals surface area (Å²) < 4.78 is 41.8. The maximum absolute atomic E-state index is 12.3. The molecule has 2 N–H and O–H groups in total. The lowest BCUT2D eigenvalue weighted by Crippen LogP contribution is -2.36. The lowest BCUT2D eigenvalue weighted by Gasteiger charge is -2.14. The molecule has 10 heteroatoms. The molecule has 0 saturated heterocycles. The topological polar surface area (TPSA) is 58.5 Å². The Kier molecular flexibility index (Phi) is 9.84. The van der Waals surface area contributed by atoms with E-state index in [9.17, 15) is 13.2 Å². The molecule has 0 bridgehead atoms. The van der Waals surface area contributed by atoms with Crippen molar-refractivity contribution >= 4 is 41.3 Å². The Morgan fingerprint density at radius 2 is 1.89 bits per heavy atom. The third kappa shape index (κ3) is 8.33. The molecule has 0 radical (unpaired) electrons. The van der Waals surface area contributed by atoms with E-state index in [1.54, 1.807) is 30.5 Å². The molecule has 0 aromatic carbocycles. The minimum absolute atomic E-state index is 0. The second-order valence-electron chi connectivity index (χ2n) is 5.37. The second kappa shape index (κ2) is 11.3. The number of hydrogen-bond acceptors (Lipinski definition) is 4. The number of hydrogen-bond donors (Lipinski definition) is 2. The predicted molar refractivity (Wildman–Crippen MR) is 112 cm³/mol. The maximum atomic E-state index is 12.3. The molecule has 2 aromatic heterocycles. The Hall–Kier alpha value is -1.56.